The van der Waals surface area contributed by atoms with Gasteiger partial charge in [-0.2, -0.15) is 0 Å². The van der Waals surface area contributed by atoms with Gasteiger partial charge in [0.1, 0.15) is 18.4 Å². The number of methoxy groups -OCH3 is 1. The number of amides is 1. The van der Waals surface area contributed by atoms with Gasteiger partial charge < -0.3 is 14.8 Å². The van der Waals surface area contributed by atoms with Crippen molar-refractivity contribution in [2.45, 2.75) is 19.1 Å². The van der Waals surface area contributed by atoms with Crippen LogP contribution in [0.15, 0.2) is 78.9 Å². The maximum absolute atomic E-state index is 12.6. The van der Waals surface area contributed by atoms with E-state index in [0.717, 1.165) is 11.1 Å². The average Bonchev–Trinajstić information content (AvgIpc) is 2.78. The van der Waals surface area contributed by atoms with Gasteiger partial charge in [0.2, 0.25) is 0 Å². The summed E-state index contributed by atoms with van der Waals surface area (Å²) in [4.78, 5) is 24.8. The molecule has 0 saturated heterocycles. The van der Waals surface area contributed by atoms with Gasteiger partial charge in [-0.15, -0.1) is 0 Å². The molecule has 1 N–H and O–H groups in total. The molecule has 0 spiro atoms. The quantitative estimate of drug-likeness (QED) is 0.544. The predicted molar refractivity (Wildman–Crippen MR) is 116 cm³/mol. The molecule has 3 rings (SSSR count). The van der Waals surface area contributed by atoms with E-state index in [0.29, 0.717) is 22.9 Å². The third kappa shape index (κ3) is 5.84. The maximum atomic E-state index is 12.6. The Kier molecular flexibility index (Phi) is 7.46. The number of carbonyl (C=O) groups excluding carboxylic acids is 2. The first-order valence-corrected chi connectivity index (χ1v) is 9.83. The number of rotatable bonds is 8. The van der Waals surface area contributed by atoms with E-state index >= 15 is 0 Å². The molecule has 3 aromatic carbocycles. The largest absolute Gasteiger partial charge is 0.489 e. The van der Waals surface area contributed by atoms with Crippen molar-refractivity contribution in [3.05, 3.63) is 101 Å². The summed E-state index contributed by atoms with van der Waals surface area (Å²) >= 11 is 6.09. The molecule has 0 fully saturated rings. The molecule has 1 amide bonds. The Morgan fingerprint density at radius 3 is 2.37 bits per heavy atom. The summed E-state index contributed by atoms with van der Waals surface area (Å²) < 4.78 is 10.7. The van der Waals surface area contributed by atoms with E-state index in [4.69, 9.17) is 21.1 Å². The topological polar surface area (TPSA) is 64.6 Å². The third-order valence-electron chi connectivity index (χ3n) is 4.50. The lowest BCUT2D eigenvalue weighted by atomic mass is 10.0. The van der Waals surface area contributed by atoms with Gasteiger partial charge in [0.05, 0.1) is 17.7 Å². The number of benzene rings is 3. The van der Waals surface area contributed by atoms with Crippen molar-refractivity contribution in [2.75, 3.05) is 7.11 Å². The molecule has 0 unspecified atom stereocenters. The number of carbonyl (C=O) groups is 2. The first kappa shape index (κ1) is 21.4. The molecule has 30 heavy (non-hydrogen) atoms. The summed E-state index contributed by atoms with van der Waals surface area (Å²) in [6, 6.07) is 23.1. The first-order valence-electron chi connectivity index (χ1n) is 9.45. The summed E-state index contributed by atoms with van der Waals surface area (Å²) in [7, 11) is 1.29. The molecule has 154 valence electrons. The lowest BCUT2D eigenvalue weighted by Gasteiger charge is -2.17. The van der Waals surface area contributed by atoms with E-state index in [-0.39, 0.29) is 6.42 Å². The molecule has 0 radical (unpaired) electrons. The van der Waals surface area contributed by atoms with Crippen LogP contribution in [0.25, 0.3) is 0 Å². The first-order chi connectivity index (χ1) is 14.6. The van der Waals surface area contributed by atoms with E-state index in [2.05, 4.69) is 5.32 Å². The minimum Gasteiger partial charge on any atom is -0.489 e. The molecule has 0 aliphatic rings. The normalized spacial score (nSPS) is 11.4. The van der Waals surface area contributed by atoms with E-state index in [1.165, 1.54) is 7.11 Å². The molecule has 5 nitrogen and oxygen atoms in total. The van der Waals surface area contributed by atoms with Crippen LogP contribution in [0.5, 0.6) is 5.75 Å². The molecule has 6 heteroatoms. The van der Waals surface area contributed by atoms with Gasteiger partial charge in [0.15, 0.2) is 0 Å². The van der Waals surface area contributed by atoms with E-state index < -0.39 is 17.9 Å². The Hall–Kier alpha value is -3.31. The van der Waals surface area contributed by atoms with Crippen LogP contribution in [0.3, 0.4) is 0 Å². The maximum Gasteiger partial charge on any atom is 0.328 e. The fourth-order valence-corrected chi connectivity index (χ4v) is 3.18. The summed E-state index contributed by atoms with van der Waals surface area (Å²) in [5, 5.41) is 3.03. The lowest BCUT2D eigenvalue weighted by molar-refractivity contribution is -0.142. The summed E-state index contributed by atoms with van der Waals surface area (Å²) in [6.07, 6.45) is 0.255. The summed E-state index contributed by atoms with van der Waals surface area (Å²) in [6.45, 7) is 0.438. The minimum atomic E-state index is -0.858. The molecular weight excluding hydrogens is 402 g/mol. The second kappa shape index (κ2) is 10.5. The fraction of sp³-hybridized carbons (Fsp3) is 0.167. The van der Waals surface area contributed by atoms with Crippen LogP contribution < -0.4 is 10.1 Å². The number of hydrogen-bond acceptors (Lipinski definition) is 4. The zero-order valence-electron chi connectivity index (χ0n) is 16.5. The van der Waals surface area contributed by atoms with Crippen LogP contribution in [-0.2, 0) is 22.6 Å². The molecule has 0 aromatic heterocycles. The van der Waals surface area contributed by atoms with Crippen molar-refractivity contribution >= 4 is 23.5 Å². The highest BCUT2D eigenvalue weighted by Gasteiger charge is 2.23. The van der Waals surface area contributed by atoms with Gasteiger partial charge in [-0.05, 0) is 35.4 Å². The van der Waals surface area contributed by atoms with Crippen LogP contribution in [0.4, 0.5) is 0 Å². The van der Waals surface area contributed by atoms with Crippen LogP contribution in [0, 0.1) is 0 Å². The molecule has 0 heterocycles. The van der Waals surface area contributed by atoms with Gasteiger partial charge in [0.25, 0.3) is 5.91 Å². The second-order valence-corrected chi connectivity index (χ2v) is 7.06. The third-order valence-corrected chi connectivity index (χ3v) is 4.83. The van der Waals surface area contributed by atoms with Crippen molar-refractivity contribution in [1.82, 2.24) is 5.32 Å². The molecule has 0 saturated carbocycles. The zero-order valence-corrected chi connectivity index (χ0v) is 17.3. The van der Waals surface area contributed by atoms with Crippen molar-refractivity contribution in [2.24, 2.45) is 0 Å². The summed E-state index contributed by atoms with van der Waals surface area (Å²) in [5.41, 5.74) is 2.19. The molecule has 1 atom stereocenters. The predicted octanol–water partition coefficient (Wildman–Crippen LogP) is 4.43. The summed E-state index contributed by atoms with van der Waals surface area (Å²) in [5.74, 6) is -0.295. The molecule has 0 bridgehead atoms. The molecule has 0 aliphatic heterocycles. The highest BCUT2D eigenvalue weighted by molar-refractivity contribution is 6.33. The Bertz CT molecular complexity index is 1010. The van der Waals surface area contributed by atoms with Crippen molar-refractivity contribution in [1.29, 1.82) is 0 Å². The number of ether oxygens (including phenoxy) is 2. The molecule has 0 aliphatic carbocycles. The van der Waals surface area contributed by atoms with E-state index in [9.17, 15) is 9.59 Å². The van der Waals surface area contributed by atoms with Gasteiger partial charge in [0, 0.05) is 6.42 Å². The van der Waals surface area contributed by atoms with E-state index in [1.807, 2.05) is 54.6 Å². The Balaban J connectivity index is 1.69. The second-order valence-electron chi connectivity index (χ2n) is 6.65. The average molecular weight is 424 g/mol. The van der Waals surface area contributed by atoms with Crippen LogP contribution in [0.1, 0.15) is 21.5 Å². The minimum absolute atomic E-state index is 0.255. The number of nitrogens with one attached hydrogen (secondary N) is 1. The zero-order chi connectivity index (χ0) is 21.3. The molecule has 3 aromatic rings. The van der Waals surface area contributed by atoms with Gasteiger partial charge in [-0.25, -0.2) is 4.79 Å². The number of esters is 1. The fourth-order valence-electron chi connectivity index (χ4n) is 2.96. The monoisotopic (exact) mass is 423 g/mol. The molecular formula is C24H22ClNO4. The number of halogens is 1. The Morgan fingerprint density at radius 2 is 1.63 bits per heavy atom. The number of hydrogen-bond donors (Lipinski definition) is 1. The standard InChI is InChI=1S/C24H22ClNO4/c1-29-24(28)22(26-23(27)20-12-5-6-13-21(20)25)15-18-10-7-11-19(14-18)30-16-17-8-3-2-4-9-17/h2-14,22H,15-16H2,1H3,(H,26,27)/t22-/m1/s1. The lowest BCUT2D eigenvalue weighted by Crippen LogP contribution is -2.43. The van der Waals surface area contributed by atoms with Crippen molar-refractivity contribution in [3.8, 4) is 5.75 Å². The smallest absolute Gasteiger partial charge is 0.328 e. The van der Waals surface area contributed by atoms with Gasteiger partial charge in [-0.1, -0.05) is 66.2 Å². The van der Waals surface area contributed by atoms with Crippen molar-refractivity contribution in [3.63, 3.8) is 0 Å². The van der Waals surface area contributed by atoms with Gasteiger partial charge >= 0.3 is 5.97 Å². The van der Waals surface area contributed by atoms with Crippen molar-refractivity contribution < 1.29 is 19.1 Å². The highest BCUT2D eigenvalue weighted by Crippen LogP contribution is 2.18. The SMILES string of the molecule is COC(=O)[C@@H](Cc1cccc(OCc2ccccc2)c1)NC(=O)c1ccccc1Cl. The van der Waals surface area contributed by atoms with Gasteiger partial charge in [-0.3, -0.25) is 4.79 Å². The Labute approximate surface area is 180 Å². The van der Waals surface area contributed by atoms with Crippen LogP contribution >= 0.6 is 11.6 Å². The highest BCUT2D eigenvalue weighted by atomic mass is 35.5. The van der Waals surface area contributed by atoms with Crippen LogP contribution in [0.2, 0.25) is 5.02 Å². The Morgan fingerprint density at radius 1 is 0.933 bits per heavy atom. The van der Waals surface area contributed by atoms with Crippen LogP contribution in [-0.4, -0.2) is 25.0 Å². The van der Waals surface area contributed by atoms with E-state index in [1.54, 1.807) is 24.3 Å².